The Kier molecular flexibility index (Phi) is 3.61. The maximum atomic E-state index is 5.50. The van der Waals surface area contributed by atoms with Crippen LogP contribution in [-0.4, -0.2) is 10.2 Å². The van der Waals surface area contributed by atoms with Gasteiger partial charge in [0.15, 0.2) is 10.2 Å². The van der Waals surface area contributed by atoms with Crippen LogP contribution in [0.1, 0.15) is 0 Å². The number of nitrogens with one attached hydrogen (secondary N) is 1. The molecule has 0 aliphatic heterocycles. The molecule has 4 nitrogen and oxygen atoms in total. The predicted molar refractivity (Wildman–Crippen MR) is 65.6 cm³/mol. The lowest BCUT2D eigenvalue weighted by atomic mass is 10.3. The van der Waals surface area contributed by atoms with Gasteiger partial charge < -0.3 is 11.5 Å². The summed E-state index contributed by atoms with van der Waals surface area (Å²) in [5.74, 6) is 0. The van der Waals surface area contributed by atoms with Crippen molar-refractivity contribution in [3.05, 3.63) is 30.3 Å². The number of nitrogens with two attached hydrogens (primary N) is 2. The normalized spacial score (nSPS) is 9.14. The number of hydrazine groups is 1. The second-order valence-electron chi connectivity index (χ2n) is 2.49. The van der Waals surface area contributed by atoms with Gasteiger partial charge in [-0.3, -0.25) is 5.43 Å². The highest BCUT2D eigenvalue weighted by Crippen LogP contribution is 2.10. The van der Waals surface area contributed by atoms with Gasteiger partial charge in [0.1, 0.15) is 0 Å². The Labute approximate surface area is 92.8 Å². The average molecular weight is 226 g/mol. The fraction of sp³-hybridized carbons (Fsp3) is 0. The maximum Gasteiger partial charge on any atom is 0.190 e. The summed E-state index contributed by atoms with van der Waals surface area (Å²) in [6.07, 6.45) is 0. The van der Waals surface area contributed by atoms with Crippen LogP contribution in [0.2, 0.25) is 0 Å². The van der Waals surface area contributed by atoms with Crippen LogP contribution in [0.25, 0.3) is 0 Å². The molecule has 0 saturated carbocycles. The summed E-state index contributed by atoms with van der Waals surface area (Å²) in [5, 5.41) is 1.71. The third-order valence-electron chi connectivity index (χ3n) is 1.46. The molecule has 5 N–H and O–H groups in total. The molecule has 0 aromatic heterocycles. The minimum absolute atomic E-state index is 0.113. The summed E-state index contributed by atoms with van der Waals surface area (Å²) in [5.41, 5.74) is 14.3. The first-order valence-corrected chi connectivity index (χ1v) is 4.63. The van der Waals surface area contributed by atoms with Crippen LogP contribution >= 0.6 is 24.4 Å². The summed E-state index contributed by atoms with van der Waals surface area (Å²) in [6, 6.07) is 9.29. The van der Waals surface area contributed by atoms with Crippen LogP contribution in [0, 0.1) is 0 Å². The monoisotopic (exact) mass is 226 g/mol. The molecule has 0 atom stereocenters. The summed E-state index contributed by atoms with van der Waals surface area (Å²) in [6.45, 7) is 0. The Balaban J connectivity index is 2.89. The molecule has 0 aliphatic carbocycles. The maximum absolute atomic E-state index is 5.50. The van der Waals surface area contributed by atoms with Crippen molar-refractivity contribution in [2.45, 2.75) is 0 Å². The number of hydrogen-bond donors (Lipinski definition) is 3. The van der Waals surface area contributed by atoms with Crippen molar-refractivity contribution in [3.8, 4) is 0 Å². The van der Waals surface area contributed by atoms with E-state index in [1.165, 1.54) is 5.01 Å². The second kappa shape index (κ2) is 4.73. The smallest absolute Gasteiger partial charge is 0.190 e. The molecule has 0 amide bonds. The summed E-state index contributed by atoms with van der Waals surface area (Å²) in [4.78, 5) is 0. The molecule has 0 aliphatic rings. The van der Waals surface area contributed by atoms with E-state index in [1.54, 1.807) is 0 Å². The minimum Gasteiger partial charge on any atom is -0.375 e. The van der Waals surface area contributed by atoms with Gasteiger partial charge >= 0.3 is 0 Å². The van der Waals surface area contributed by atoms with Crippen LogP contribution in [0.15, 0.2) is 30.3 Å². The van der Waals surface area contributed by atoms with Gasteiger partial charge in [-0.2, -0.15) is 0 Å². The topological polar surface area (TPSA) is 67.3 Å². The summed E-state index contributed by atoms with van der Waals surface area (Å²) >= 11 is 9.54. The van der Waals surface area contributed by atoms with Crippen molar-refractivity contribution in [2.75, 3.05) is 5.01 Å². The zero-order valence-electron chi connectivity index (χ0n) is 7.31. The molecule has 0 radical (unpaired) electrons. The van der Waals surface area contributed by atoms with E-state index in [2.05, 4.69) is 5.43 Å². The Morgan fingerprint density at radius 3 is 2.14 bits per heavy atom. The molecule has 74 valence electrons. The van der Waals surface area contributed by atoms with Crippen molar-refractivity contribution in [1.82, 2.24) is 5.43 Å². The third kappa shape index (κ3) is 2.82. The highest BCUT2D eigenvalue weighted by Gasteiger charge is 2.08. The van der Waals surface area contributed by atoms with Crippen LogP contribution in [0.5, 0.6) is 0 Å². The van der Waals surface area contributed by atoms with Gasteiger partial charge in [-0.15, -0.1) is 0 Å². The first-order valence-electron chi connectivity index (χ1n) is 3.82. The zero-order chi connectivity index (χ0) is 10.6. The number of para-hydroxylation sites is 1. The van der Waals surface area contributed by atoms with E-state index in [9.17, 15) is 0 Å². The Bertz CT molecular complexity index is 338. The number of anilines is 1. The average Bonchev–Trinajstić information content (AvgIpc) is 2.15. The molecule has 1 aromatic rings. The van der Waals surface area contributed by atoms with E-state index in [0.29, 0.717) is 0 Å². The van der Waals surface area contributed by atoms with Gasteiger partial charge in [0.25, 0.3) is 0 Å². The van der Waals surface area contributed by atoms with E-state index in [4.69, 9.17) is 35.9 Å². The molecule has 0 spiro atoms. The lowest BCUT2D eigenvalue weighted by Gasteiger charge is -2.23. The summed E-state index contributed by atoms with van der Waals surface area (Å²) < 4.78 is 0. The minimum atomic E-state index is 0.113. The van der Waals surface area contributed by atoms with Gasteiger partial charge in [0, 0.05) is 0 Å². The molecule has 0 unspecified atom stereocenters. The largest absolute Gasteiger partial charge is 0.375 e. The van der Waals surface area contributed by atoms with Crippen molar-refractivity contribution in [2.24, 2.45) is 11.5 Å². The molecule has 14 heavy (non-hydrogen) atoms. The molecular formula is C8H10N4S2. The SMILES string of the molecule is NC(=S)NN(C(N)=S)c1ccccc1. The van der Waals surface area contributed by atoms with Crippen molar-refractivity contribution >= 4 is 40.3 Å². The number of nitrogens with zero attached hydrogens (tertiary/aromatic N) is 1. The number of rotatable bonds is 1. The Morgan fingerprint density at radius 2 is 1.71 bits per heavy atom. The number of benzene rings is 1. The molecular weight excluding hydrogens is 216 g/mol. The Hall–Kier alpha value is -1.40. The fourth-order valence-corrected chi connectivity index (χ4v) is 1.18. The van der Waals surface area contributed by atoms with Gasteiger partial charge in [-0.25, -0.2) is 5.01 Å². The fourth-order valence-electron chi connectivity index (χ4n) is 0.934. The first-order chi connectivity index (χ1) is 6.61. The standard InChI is InChI=1S/C8H10N4S2/c9-7(13)11-12(8(10)14)6-4-2-1-3-5-6/h1-5H,(H2,10,14)(H3,9,11,13). The van der Waals surface area contributed by atoms with Crippen molar-refractivity contribution < 1.29 is 0 Å². The molecule has 0 heterocycles. The van der Waals surface area contributed by atoms with E-state index in [0.717, 1.165) is 5.69 Å². The van der Waals surface area contributed by atoms with Gasteiger partial charge in [0.05, 0.1) is 5.69 Å². The molecule has 0 bridgehead atoms. The van der Waals surface area contributed by atoms with Gasteiger partial charge in [0.2, 0.25) is 0 Å². The molecule has 1 rings (SSSR count). The lowest BCUT2D eigenvalue weighted by molar-refractivity contribution is 0.971. The molecule has 1 aromatic carbocycles. The van der Waals surface area contributed by atoms with Crippen LogP contribution in [0.4, 0.5) is 5.69 Å². The van der Waals surface area contributed by atoms with Crippen molar-refractivity contribution in [1.29, 1.82) is 0 Å². The molecule has 0 fully saturated rings. The van der Waals surface area contributed by atoms with E-state index in [-0.39, 0.29) is 10.2 Å². The first kappa shape index (κ1) is 10.7. The van der Waals surface area contributed by atoms with E-state index in [1.807, 2.05) is 30.3 Å². The van der Waals surface area contributed by atoms with Gasteiger partial charge in [-0.05, 0) is 36.6 Å². The lowest BCUT2D eigenvalue weighted by Crippen LogP contribution is -2.50. The highest BCUT2D eigenvalue weighted by atomic mass is 32.1. The van der Waals surface area contributed by atoms with E-state index < -0.39 is 0 Å². The van der Waals surface area contributed by atoms with Gasteiger partial charge in [-0.1, -0.05) is 18.2 Å². The molecule has 0 saturated heterocycles. The highest BCUT2D eigenvalue weighted by molar-refractivity contribution is 7.80. The third-order valence-corrected chi connectivity index (χ3v) is 1.73. The van der Waals surface area contributed by atoms with Crippen LogP contribution < -0.4 is 21.9 Å². The predicted octanol–water partition coefficient (Wildman–Crippen LogP) is 0.485. The number of hydrogen-bond acceptors (Lipinski definition) is 2. The quantitative estimate of drug-likeness (QED) is 0.478. The second-order valence-corrected chi connectivity index (χ2v) is 3.34. The zero-order valence-corrected chi connectivity index (χ0v) is 8.94. The molecule has 6 heteroatoms. The number of thiocarbonyl (C=S) groups is 2. The Morgan fingerprint density at radius 1 is 1.14 bits per heavy atom. The van der Waals surface area contributed by atoms with Crippen LogP contribution in [0.3, 0.4) is 0 Å². The summed E-state index contributed by atoms with van der Waals surface area (Å²) in [7, 11) is 0. The van der Waals surface area contributed by atoms with E-state index >= 15 is 0 Å². The van der Waals surface area contributed by atoms with Crippen LogP contribution in [-0.2, 0) is 0 Å². The van der Waals surface area contributed by atoms with Crippen molar-refractivity contribution in [3.63, 3.8) is 0 Å².